The molecular weight excluding hydrogens is 402 g/mol. The van der Waals surface area contributed by atoms with Crippen molar-refractivity contribution in [1.29, 1.82) is 0 Å². The molecular formula is C17H17F4N3O3S. The summed E-state index contributed by atoms with van der Waals surface area (Å²) in [4.78, 5) is 17.2. The Morgan fingerprint density at radius 1 is 1.14 bits per heavy atom. The van der Waals surface area contributed by atoms with E-state index in [9.17, 15) is 22.4 Å². The fourth-order valence-electron chi connectivity index (χ4n) is 2.36. The van der Waals surface area contributed by atoms with E-state index in [0.717, 1.165) is 17.0 Å². The Hall–Kier alpha value is -2.56. The normalized spacial score (nSPS) is 18.1. The molecule has 0 unspecified atom stereocenters. The molecule has 0 fully saturated rings. The highest BCUT2D eigenvalue weighted by Crippen LogP contribution is 2.47. The number of thiazole rings is 1. The van der Waals surface area contributed by atoms with E-state index in [4.69, 9.17) is 0 Å². The number of fused-ring (bicyclic) bond motifs is 1. The van der Waals surface area contributed by atoms with Crippen LogP contribution in [0.15, 0.2) is 29.4 Å². The van der Waals surface area contributed by atoms with Crippen LogP contribution in [0.4, 0.5) is 22.4 Å². The molecule has 0 saturated heterocycles. The van der Waals surface area contributed by atoms with Gasteiger partial charge in [-0.25, -0.2) is 4.79 Å². The second kappa shape index (κ2) is 6.50. The summed E-state index contributed by atoms with van der Waals surface area (Å²) >= 11 is 1.20. The summed E-state index contributed by atoms with van der Waals surface area (Å²) in [6.07, 6.45) is -7.96. The number of aryl methyl sites for hydroxylation is 1. The van der Waals surface area contributed by atoms with Crippen molar-refractivity contribution in [3.8, 4) is 17.2 Å². The zero-order chi connectivity index (χ0) is 20.9. The summed E-state index contributed by atoms with van der Waals surface area (Å²) in [7, 11) is 0. The van der Waals surface area contributed by atoms with Gasteiger partial charge in [-0.2, -0.15) is 22.6 Å². The number of halogens is 4. The molecule has 1 aromatic heterocycles. The number of carbonyl (C=O) groups excluding carboxylic acids is 1. The Morgan fingerprint density at radius 3 is 2.36 bits per heavy atom. The van der Waals surface area contributed by atoms with Crippen LogP contribution in [0.25, 0.3) is 5.69 Å². The average molecular weight is 419 g/mol. The fourth-order valence-corrected chi connectivity index (χ4v) is 3.19. The molecule has 0 atom stereocenters. The number of hydrogen-bond acceptors (Lipinski definition) is 4. The molecule has 1 aliphatic heterocycles. The Kier molecular flexibility index (Phi) is 4.69. The third kappa shape index (κ3) is 3.98. The minimum atomic E-state index is -4.81. The minimum Gasteiger partial charge on any atom is -0.421 e. The largest absolute Gasteiger partial charge is 0.507 e. The van der Waals surface area contributed by atoms with Gasteiger partial charge in [-0.3, -0.25) is 4.57 Å². The van der Waals surface area contributed by atoms with Gasteiger partial charge in [0.15, 0.2) is 16.3 Å². The predicted molar refractivity (Wildman–Crippen MR) is 93.4 cm³/mol. The van der Waals surface area contributed by atoms with Crippen molar-refractivity contribution in [2.45, 2.75) is 45.5 Å². The van der Waals surface area contributed by atoms with Crippen LogP contribution in [-0.2, 0) is 0 Å². The highest BCUT2D eigenvalue weighted by molar-refractivity contribution is 7.09. The van der Waals surface area contributed by atoms with Crippen molar-refractivity contribution in [3.63, 3.8) is 0 Å². The van der Waals surface area contributed by atoms with Crippen molar-refractivity contribution >= 4 is 17.4 Å². The van der Waals surface area contributed by atoms with Crippen LogP contribution < -0.4 is 19.6 Å². The zero-order valence-electron chi connectivity index (χ0n) is 15.3. The van der Waals surface area contributed by atoms with E-state index >= 15 is 0 Å². The van der Waals surface area contributed by atoms with Gasteiger partial charge in [-0.05, 0) is 39.8 Å². The van der Waals surface area contributed by atoms with Gasteiger partial charge in [-0.1, -0.05) is 0 Å². The maximum Gasteiger partial charge on any atom is 0.507 e. The topological polar surface area (TPSA) is 64.8 Å². The fraction of sp³-hybridized carbons (Fsp3) is 0.412. The first-order valence-corrected chi connectivity index (χ1v) is 8.93. The van der Waals surface area contributed by atoms with Crippen LogP contribution >= 0.6 is 11.3 Å². The molecule has 28 heavy (non-hydrogen) atoms. The van der Waals surface area contributed by atoms with E-state index in [1.54, 1.807) is 33.9 Å². The summed E-state index contributed by atoms with van der Waals surface area (Å²) in [6.45, 7) is 7.16. The van der Waals surface area contributed by atoms with Crippen molar-refractivity contribution in [1.82, 2.24) is 9.88 Å². The van der Waals surface area contributed by atoms with Gasteiger partial charge in [0.1, 0.15) is 0 Å². The molecule has 0 bridgehead atoms. The minimum absolute atomic E-state index is 0.271. The van der Waals surface area contributed by atoms with Gasteiger partial charge in [0.25, 0.3) is 0 Å². The van der Waals surface area contributed by atoms with Crippen LogP contribution in [0.5, 0.6) is 11.5 Å². The number of rotatable bonds is 1. The third-order valence-corrected chi connectivity index (χ3v) is 4.37. The number of benzene rings is 1. The maximum absolute atomic E-state index is 13.4. The number of nitrogens with zero attached hydrogens (tertiary/aromatic N) is 2. The summed E-state index contributed by atoms with van der Waals surface area (Å²) in [5.41, 5.74) is -0.207. The smallest absolute Gasteiger partial charge is 0.421 e. The van der Waals surface area contributed by atoms with Crippen molar-refractivity contribution in [2.24, 2.45) is 4.99 Å². The molecule has 0 saturated carbocycles. The van der Waals surface area contributed by atoms with Gasteiger partial charge < -0.3 is 14.8 Å². The Balaban J connectivity index is 2.02. The summed E-state index contributed by atoms with van der Waals surface area (Å²) in [6, 6.07) is 3.00. The highest BCUT2D eigenvalue weighted by Gasteiger charge is 2.65. The lowest BCUT2D eigenvalue weighted by molar-refractivity contribution is -0.391. The van der Waals surface area contributed by atoms with Crippen LogP contribution in [0, 0.1) is 6.92 Å². The second-order valence-electron chi connectivity index (χ2n) is 7.16. The van der Waals surface area contributed by atoms with Crippen LogP contribution in [0.2, 0.25) is 0 Å². The van der Waals surface area contributed by atoms with Gasteiger partial charge in [0.05, 0.1) is 5.69 Å². The number of ether oxygens (including phenoxy) is 2. The van der Waals surface area contributed by atoms with Crippen LogP contribution in [-0.4, -0.2) is 28.4 Å². The molecule has 2 heterocycles. The van der Waals surface area contributed by atoms with Gasteiger partial charge in [0, 0.05) is 22.7 Å². The molecule has 152 valence electrons. The molecule has 3 rings (SSSR count). The lowest BCUT2D eigenvalue weighted by Crippen LogP contribution is -2.52. The van der Waals surface area contributed by atoms with Crippen molar-refractivity contribution < 1.29 is 31.8 Å². The summed E-state index contributed by atoms with van der Waals surface area (Å²) < 4.78 is 63.1. The van der Waals surface area contributed by atoms with Crippen LogP contribution in [0.1, 0.15) is 25.6 Å². The number of hydrogen-bond donors (Lipinski definition) is 1. The van der Waals surface area contributed by atoms with E-state index in [2.05, 4.69) is 19.8 Å². The molecule has 0 spiro atoms. The molecule has 2 amide bonds. The first kappa shape index (κ1) is 20.2. The molecule has 0 radical (unpaired) electrons. The standard InChI is InChI=1S/C17H17F4N3O3S/c1-9-8-24(14(28-9)22-13(25)23-15(2,3)4)10-5-6-11-12(7-10)27-17(20,21)16(18,19)26-11/h5-8H,1-4H3,(H,23,25). The predicted octanol–water partition coefficient (Wildman–Crippen LogP) is 4.21. The van der Waals surface area contributed by atoms with Crippen molar-refractivity contribution in [3.05, 3.63) is 34.1 Å². The zero-order valence-corrected chi connectivity index (χ0v) is 16.2. The number of carbonyl (C=O) groups is 1. The summed E-state index contributed by atoms with van der Waals surface area (Å²) in [5.74, 6) is -1.06. The lowest BCUT2D eigenvalue weighted by atomic mass is 10.1. The van der Waals surface area contributed by atoms with E-state index in [1.807, 2.05) is 0 Å². The van der Waals surface area contributed by atoms with Gasteiger partial charge >= 0.3 is 18.2 Å². The molecule has 1 aliphatic rings. The molecule has 2 aromatic rings. The SMILES string of the molecule is Cc1cn(-c2ccc3c(c2)OC(F)(F)C(F)(F)O3)c(=NC(=O)NC(C)(C)C)s1. The van der Waals surface area contributed by atoms with Crippen LogP contribution in [0.3, 0.4) is 0 Å². The maximum atomic E-state index is 13.4. The molecule has 11 heteroatoms. The summed E-state index contributed by atoms with van der Waals surface area (Å²) in [5, 5.41) is 2.69. The Labute approximate surface area is 161 Å². The number of amides is 2. The number of nitrogens with one attached hydrogen (secondary N) is 1. The van der Waals surface area contributed by atoms with Crippen molar-refractivity contribution in [2.75, 3.05) is 0 Å². The van der Waals surface area contributed by atoms with E-state index in [1.165, 1.54) is 22.0 Å². The molecule has 6 nitrogen and oxygen atoms in total. The highest BCUT2D eigenvalue weighted by atomic mass is 32.1. The second-order valence-corrected chi connectivity index (χ2v) is 8.37. The van der Waals surface area contributed by atoms with E-state index in [0.29, 0.717) is 0 Å². The molecule has 1 aromatic carbocycles. The van der Waals surface area contributed by atoms with Gasteiger partial charge in [-0.15, -0.1) is 11.3 Å². The average Bonchev–Trinajstić information content (AvgIpc) is 2.85. The first-order chi connectivity index (χ1) is 12.8. The Bertz CT molecular complexity index is 992. The molecule has 0 aliphatic carbocycles. The lowest BCUT2D eigenvalue weighted by Gasteiger charge is -2.31. The first-order valence-electron chi connectivity index (χ1n) is 8.11. The number of urea groups is 1. The quantitative estimate of drug-likeness (QED) is 0.705. The molecule has 1 N–H and O–H groups in total. The van der Waals surface area contributed by atoms with E-state index in [-0.39, 0.29) is 10.5 Å². The monoisotopic (exact) mass is 419 g/mol. The number of alkyl halides is 4. The van der Waals surface area contributed by atoms with Gasteiger partial charge in [0.2, 0.25) is 0 Å². The number of aromatic nitrogens is 1. The Morgan fingerprint density at radius 2 is 1.75 bits per heavy atom. The third-order valence-electron chi connectivity index (χ3n) is 3.47. The van der Waals surface area contributed by atoms with E-state index < -0.39 is 35.3 Å².